The lowest BCUT2D eigenvalue weighted by molar-refractivity contribution is -0.121. The fourth-order valence-electron chi connectivity index (χ4n) is 1.96. The number of likely N-dealkylation sites (N-methyl/N-ethyl adjacent to an activating group) is 1. The molecule has 2 aromatic rings. The van der Waals surface area contributed by atoms with Gasteiger partial charge in [0.2, 0.25) is 0 Å². The smallest absolute Gasteiger partial charge is 0.266 e. The van der Waals surface area contributed by atoms with E-state index in [0.717, 1.165) is 9.99 Å². The van der Waals surface area contributed by atoms with Crippen molar-refractivity contribution in [2.75, 3.05) is 14.1 Å². The highest BCUT2D eigenvalue weighted by Crippen LogP contribution is 2.34. The molecule has 0 N–H and O–H groups in total. The van der Waals surface area contributed by atoms with Crippen molar-refractivity contribution in [3.05, 3.63) is 52.1 Å². The van der Waals surface area contributed by atoms with Crippen LogP contribution in [0.1, 0.15) is 5.76 Å². The third-order valence-electron chi connectivity index (χ3n) is 3.10. The molecule has 1 aliphatic rings. The zero-order valence-electron chi connectivity index (χ0n) is 12.4. The Bertz CT molecular complexity index is 797. The SMILES string of the molecule is CN=C1S/C(=C\c2ccc(Sc3ccc(Cl)cc3)o2)C(=O)N1C. The average Bonchev–Trinajstić information content (AvgIpc) is 3.09. The van der Waals surface area contributed by atoms with E-state index in [4.69, 9.17) is 16.0 Å². The summed E-state index contributed by atoms with van der Waals surface area (Å²) in [6.07, 6.45) is 1.74. The van der Waals surface area contributed by atoms with Crippen LogP contribution in [0.5, 0.6) is 0 Å². The minimum Gasteiger partial charge on any atom is -0.450 e. The van der Waals surface area contributed by atoms with Gasteiger partial charge in [0.15, 0.2) is 10.3 Å². The van der Waals surface area contributed by atoms with Crippen LogP contribution in [0.15, 0.2) is 60.7 Å². The van der Waals surface area contributed by atoms with E-state index < -0.39 is 0 Å². The molecule has 0 spiro atoms. The quantitative estimate of drug-likeness (QED) is 0.746. The van der Waals surface area contributed by atoms with Crippen LogP contribution in [-0.2, 0) is 4.79 Å². The molecule has 0 bridgehead atoms. The highest BCUT2D eigenvalue weighted by molar-refractivity contribution is 8.18. The molecule has 1 fully saturated rings. The van der Waals surface area contributed by atoms with E-state index in [9.17, 15) is 4.79 Å². The molecular weight excluding hydrogens is 352 g/mol. The number of halogens is 1. The molecule has 1 aromatic carbocycles. The molecule has 1 saturated heterocycles. The topological polar surface area (TPSA) is 45.8 Å². The Kier molecular flexibility index (Phi) is 4.84. The minimum atomic E-state index is -0.0705. The molecule has 0 aliphatic carbocycles. The lowest BCUT2D eigenvalue weighted by atomic mass is 10.4. The van der Waals surface area contributed by atoms with E-state index in [-0.39, 0.29) is 5.91 Å². The zero-order chi connectivity index (χ0) is 16.4. The molecule has 7 heteroatoms. The number of thioether (sulfide) groups is 1. The van der Waals surface area contributed by atoms with Gasteiger partial charge in [-0.1, -0.05) is 23.4 Å². The number of hydrogen-bond acceptors (Lipinski definition) is 5. The van der Waals surface area contributed by atoms with Crippen LogP contribution < -0.4 is 0 Å². The molecule has 3 rings (SSSR count). The van der Waals surface area contributed by atoms with Gasteiger partial charge >= 0.3 is 0 Å². The van der Waals surface area contributed by atoms with Gasteiger partial charge in [0.25, 0.3) is 5.91 Å². The minimum absolute atomic E-state index is 0.0705. The van der Waals surface area contributed by atoms with E-state index in [1.54, 1.807) is 20.2 Å². The van der Waals surface area contributed by atoms with Gasteiger partial charge in [0, 0.05) is 30.1 Å². The van der Waals surface area contributed by atoms with Crippen LogP contribution in [0.2, 0.25) is 5.02 Å². The van der Waals surface area contributed by atoms with Crippen LogP contribution in [0, 0.1) is 0 Å². The number of amides is 1. The highest BCUT2D eigenvalue weighted by Gasteiger charge is 2.29. The molecule has 0 unspecified atom stereocenters. The third kappa shape index (κ3) is 3.65. The van der Waals surface area contributed by atoms with Crippen LogP contribution >= 0.6 is 35.1 Å². The first-order valence-electron chi connectivity index (χ1n) is 6.74. The molecule has 1 aromatic heterocycles. The Labute approximate surface area is 147 Å². The standard InChI is InChI=1S/C16H13ClN2O2S2/c1-18-16-19(2)15(20)13(23-16)9-11-5-8-14(21-11)22-12-6-3-10(17)4-7-12/h3-9H,1-2H3/b13-9-,18-16?. The molecule has 0 saturated carbocycles. The molecule has 23 heavy (non-hydrogen) atoms. The van der Waals surface area contributed by atoms with Crippen molar-refractivity contribution in [2.45, 2.75) is 9.99 Å². The van der Waals surface area contributed by atoms with Crippen molar-refractivity contribution >= 4 is 52.3 Å². The number of carbonyl (C=O) groups excluding carboxylic acids is 1. The molecule has 1 amide bonds. The first-order chi connectivity index (χ1) is 11.1. The van der Waals surface area contributed by atoms with Crippen molar-refractivity contribution in [1.82, 2.24) is 4.90 Å². The summed E-state index contributed by atoms with van der Waals surface area (Å²) in [5.74, 6) is 0.571. The Morgan fingerprint density at radius 2 is 2.00 bits per heavy atom. The second kappa shape index (κ2) is 6.86. The number of amidine groups is 1. The van der Waals surface area contributed by atoms with Gasteiger partial charge in [-0.25, -0.2) is 0 Å². The number of aliphatic imine (C=N–C) groups is 1. The van der Waals surface area contributed by atoms with Gasteiger partial charge in [-0.15, -0.1) is 0 Å². The summed E-state index contributed by atoms with van der Waals surface area (Å²) in [6, 6.07) is 11.3. The van der Waals surface area contributed by atoms with Crippen LogP contribution in [0.3, 0.4) is 0 Å². The summed E-state index contributed by atoms with van der Waals surface area (Å²) in [7, 11) is 3.38. The lowest BCUT2D eigenvalue weighted by Crippen LogP contribution is -2.23. The summed E-state index contributed by atoms with van der Waals surface area (Å²) in [4.78, 5) is 19.4. The van der Waals surface area contributed by atoms with Crippen LogP contribution in [0.4, 0.5) is 0 Å². The van der Waals surface area contributed by atoms with E-state index in [0.29, 0.717) is 20.9 Å². The predicted molar refractivity (Wildman–Crippen MR) is 96.0 cm³/mol. The third-order valence-corrected chi connectivity index (χ3v) is 5.43. The second-order valence-electron chi connectivity index (χ2n) is 4.69. The fourth-order valence-corrected chi connectivity index (χ4v) is 3.78. The normalized spacial score (nSPS) is 18.4. The van der Waals surface area contributed by atoms with Gasteiger partial charge in [-0.2, -0.15) is 0 Å². The molecule has 1 aliphatic heterocycles. The molecule has 4 nitrogen and oxygen atoms in total. The number of nitrogens with zero attached hydrogens (tertiary/aromatic N) is 2. The van der Waals surface area contributed by atoms with Crippen molar-refractivity contribution in [3.63, 3.8) is 0 Å². The number of hydrogen-bond donors (Lipinski definition) is 0. The summed E-state index contributed by atoms with van der Waals surface area (Å²) in [6.45, 7) is 0. The average molecular weight is 365 g/mol. The zero-order valence-corrected chi connectivity index (χ0v) is 14.8. The van der Waals surface area contributed by atoms with Crippen molar-refractivity contribution < 1.29 is 9.21 Å². The van der Waals surface area contributed by atoms with Gasteiger partial charge < -0.3 is 4.42 Å². The van der Waals surface area contributed by atoms with Crippen LogP contribution in [0.25, 0.3) is 6.08 Å². The molecular formula is C16H13ClN2O2S2. The largest absolute Gasteiger partial charge is 0.450 e. The molecule has 2 heterocycles. The Morgan fingerprint density at radius 3 is 2.65 bits per heavy atom. The van der Waals surface area contributed by atoms with E-state index in [2.05, 4.69) is 4.99 Å². The van der Waals surface area contributed by atoms with Gasteiger partial charge in [-0.05, 0) is 48.2 Å². The van der Waals surface area contributed by atoms with Crippen molar-refractivity contribution in [2.24, 2.45) is 4.99 Å². The maximum Gasteiger partial charge on any atom is 0.266 e. The van der Waals surface area contributed by atoms with Crippen LogP contribution in [-0.4, -0.2) is 30.1 Å². The summed E-state index contributed by atoms with van der Waals surface area (Å²) < 4.78 is 5.76. The predicted octanol–water partition coefficient (Wildman–Crippen LogP) is 4.62. The number of carbonyl (C=O) groups is 1. The Balaban J connectivity index is 1.76. The van der Waals surface area contributed by atoms with Crippen molar-refractivity contribution in [3.8, 4) is 0 Å². The maximum absolute atomic E-state index is 12.1. The number of furan rings is 1. The highest BCUT2D eigenvalue weighted by atomic mass is 35.5. The van der Waals surface area contributed by atoms with Gasteiger partial charge in [0.05, 0.1) is 4.91 Å². The van der Waals surface area contributed by atoms with E-state index in [1.165, 1.54) is 28.4 Å². The summed E-state index contributed by atoms with van der Waals surface area (Å²) >= 11 is 8.72. The van der Waals surface area contributed by atoms with E-state index >= 15 is 0 Å². The second-order valence-corrected chi connectivity index (χ2v) is 7.22. The monoisotopic (exact) mass is 364 g/mol. The van der Waals surface area contributed by atoms with Crippen molar-refractivity contribution in [1.29, 1.82) is 0 Å². The van der Waals surface area contributed by atoms with E-state index in [1.807, 2.05) is 36.4 Å². The van der Waals surface area contributed by atoms with Gasteiger partial charge in [-0.3, -0.25) is 14.7 Å². The molecule has 0 atom stereocenters. The molecule has 118 valence electrons. The number of rotatable bonds is 3. The number of benzene rings is 1. The molecule has 0 radical (unpaired) electrons. The van der Waals surface area contributed by atoms with Gasteiger partial charge in [0.1, 0.15) is 5.76 Å². The lowest BCUT2D eigenvalue weighted by Gasteiger charge is -2.04. The maximum atomic E-state index is 12.1. The fraction of sp³-hybridized carbons (Fsp3) is 0.125. The Morgan fingerprint density at radius 1 is 1.26 bits per heavy atom. The first kappa shape index (κ1) is 16.2. The first-order valence-corrected chi connectivity index (χ1v) is 8.75. The summed E-state index contributed by atoms with van der Waals surface area (Å²) in [5.41, 5.74) is 0. The summed E-state index contributed by atoms with van der Waals surface area (Å²) in [5, 5.41) is 2.14. The Hall–Kier alpha value is -1.63.